The number of halogens is 1. The molecule has 0 bridgehead atoms. The molecule has 0 radical (unpaired) electrons. The van der Waals surface area contributed by atoms with Crippen LogP contribution in [0.5, 0.6) is 5.75 Å². The lowest BCUT2D eigenvalue weighted by Crippen LogP contribution is -2.44. The number of rotatable bonds is 4. The summed E-state index contributed by atoms with van der Waals surface area (Å²) in [5, 5.41) is 0.394. The third-order valence-corrected chi connectivity index (χ3v) is 3.00. The molecule has 1 heterocycles. The number of amides is 2. The van der Waals surface area contributed by atoms with Crippen molar-refractivity contribution in [2.24, 2.45) is 5.73 Å². The van der Waals surface area contributed by atoms with Crippen molar-refractivity contribution in [1.82, 2.24) is 4.90 Å². The third-order valence-electron chi connectivity index (χ3n) is 2.77. The van der Waals surface area contributed by atoms with E-state index in [1.54, 1.807) is 11.0 Å². The van der Waals surface area contributed by atoms with E-state index in [1.165, 1.54) is 12.1 Å². The highest BCUT2D eigenvalue weighted by molar-refractivity contribution is 6.31. The molecular weight excluding hydrogens is 256 g/mol. The molecule has 1 aromatic carbocycles. The lowest BCUT2D eigenvalue weighted by Gasteiger charge is -2.30. The first kappa shape index (κ1) is 12.7. The highest BCUT2D eigenvalue weighted by Crippen LogP contribution is 2.22. The second kappa shape index (κ2) is 5.27. The summed E-state index contributed by atoms with van der Waals surface area (Å²) >= 11 is 5.77. The van der Waals surface area contributed by atoms with Crippen LogP contribution >= 0.6 is 11.6 Å². The number of nitrogens with zero attached hydrogens (tertiary/aromatic N) is 1. The standard InChI is InChI=1S/C12H13ClN2O3/c13-8-2-3-10(9(6-8)12(14)17)18-7-11(16)15-4-1-5-15/h2-3,6H,1,4-5,7H2,(H2,14,17). The number of nitrogens with two attached hydrogens (primary N) is 1. The van der Waals surface area contributed by atoms with E-state index in [-0.39, 0.29) is 23.8 Å². The van der Waals surface area contributed by atoms with E-state index < -0.39 is 5.91 Å². The van der Waals surface area contributed by atoms with Crippen LogP contribution in [-0.2, 0) is 4.79 Å². The van der Waals surface area contributed by atoms with Gasteiger partial charge in [-0.1, -0.05) is 11.6 Å². The number of hydrogen-bond donors (Lipinski definition) is 1. The normalized spacial score (nSPS) is 13.9. The van der Waals surface area contributed by atoms with E-state index in [1.807, 2.05) is 0 Å². The molecule has 18 heavy (non-hydrogen) atoms. The minimum Gasteiger partial charge on any atom is -0.483 e. The van der Waals surface area contributed by atoms with Gasteiger partial charge in [-0.25, -0.2) is 0 Å². The number of likely N-dealkylation sites (tertiary alicyclic amines) is 1. The Morgan fingerprint density at radius 1 is 1.39 bits per heavy atom. The fourth-order valence-corrected chi connectivity index (χ4v) is 1.79. The van der Waals surface area contributed by atoms with E-state index in [9.17, 15) is 9.59 Å². The summed E-state index contributed by atoms with van der Waals surface area (Å²) in [4.78, 5) is 24.5. The van der Waals surface area contributed by atoms with Crippen LogP contribution in [0.25, 0.3) is 0 Å². The topological polar surface area (TPSA) is 72.6 Å². The Kier molecular flexibility index (Phi) is 3.72. The fraction of sp³-hybridized carbons (Fsp3) is 0.333. The highest BCUT2D eigenvalue weighted by atomic mass is 35.5. The molecule has 0 spiro atoms. The summed E-state index contributed by atoms with van der Waals surface area (Å²) in [7, 11) is 0. The van der Waals surface area contributed by atoms with Crippen molar-refractivity contribution in [3.8, 4) is 5.75 Å². The van der Waals surface area contributed by atoms with Crippen molar-refractivity contribution < 1.29 is 14.3 Å². The van der Waals surface area contributed by atoms with E-state index in [0.29, 0.717) is 5.02 Å². The van der Waals surface area contributed by atoms with Crippen LogP contribution in [0.3, 0.4) is 0 Å². The maximum absolute atomic E-state index is 11.6. The SMILES string of the molecule is NC(=O)c1cc(Cl)ccc1OCC(=O)N1CCC1. The van der Waals surface area contributed by atoms with Gasteiger partial charge >= 0.3 is 0 Å². The molecule has 1 aromatic rings. The van der Waals surface area contributed by atoms with Crippen LogP contribution in [0, 0.1) is 0 Å². The van der Waals surface area contributed by atoms with Gasteiger partial charge in [0, 0.05) is 18.1 Å². The van der Waals surface area contributed by atoms with Crippen LogP contribution in [-0.4, -0.2) is 36.4 Å². The lowest BCUT2D eigenvalue weighted by atomic mass is 10.2. The highest BCUT2D eigenvalue weighted by Gasteiger charge is 2.21. The average molecular weight is 269 g/mol. The van der Waals surface area contributed by atoms with Gasteiger partial charge < -0.3 is 15.4 Å². The second-order valence-electron chi connectivity index (χ2n) is 4.03. The molecule has 2 rings (SSSR count). The van der Waals surface area contributed by atoms with E-state index >= 15 is 0 Å². The molecule has 0 saturated carbocycles. The quantitative estimate of drug-likeness (QED) is 0.887. The molecule has 0 atom stereocenters. The number of ether oxygens (including phenoxy) is 1. The first-order valence-corrected chi connectivity index (χ1v) is 5.95. The minimum absolute atomic E-state index is 0.0911. The zero-order valence-corrected chi connectivity index (χ0v) is 10.4. The predicted molar refractivity (Wildman–Crippen MR) is 66.7 cm³/mol. The summed E-state index contributed by atoms with van der Waals surface area (Å²) in [6.07, 6.45) is 1.03. The smallest absolute Gasteiger partial charge is 0.260 e. The van der Waals surface area contributed by atoms with Gasteiger partial charge in [0.05, 0.1) is 5.56 Å². The Hall–Kier alpha value is -1.75. The van der Waals surface area contributed by atoms with Crippen LogP contribution < -0.4 is 10.5 Å². The molecule has 0 aromatic heterocycles. The van der Waals surface area contributed by atoms with Gasteiger partial charge in [0.25, 0.3) is 11.8 Å². The zero-order valence-electron chi connectivity index (χ0n) is 9.69. The van der Waals surface area contributed by atoms with Crippen molar-refractivity contribution >= 4 is 23.4 Å². The Morgan fingerprint density at radius 3 is 2.67 bits per heavy atom. The summed E-state index contributed by atoms with van der Waals surface area (Å²) in [5.41, 5.74) is 5.39. The summed E-state index contributed by atoms with van der Waals surface area (Å²) in [5.74, 6) is -0.448. The van der Waals surface area contributed by atoms with Crippen molar-refractivity contribution in [1.29, 1.82) is 0 Å². The number of hydrogen-bond acceptors (Lipinski definition) is 3. The first-order valence-electron chi connectivity index (χ1n) is 5.58. The first-order chi connectivity index (χ1) is 8.58. The zero-order chi connectivity index (χ0) is 13.1. The van der Waals surface area contributed by atoms with Gasteiger partial charge in [0.2, 0.25) is 0 Å². The molecule has 2 N–H and O–H groups in total. The van der Waals surface area contributed by atoms with E-state index in [2.05, 4.69) is 0 Å². The monoisotopic (exact) mass is 268 g/mol. The largest absolute Gasteiger partial charge is 0.483 e. The molecule has 1 saturated heterocycles. The van der Waals surface area contributed by atoms with E-state index in [4.69, 9.17) is 22.1 Å². The number of primary amides is 1. The molecule has 1 aliphatic rings. The number of carbonyl (C=O) groups excluding carboxylic acids is 2. The fourth-order valence-electron chi connectivity index (χ4n) is 1.62. The van der Waals surface area contributed by atoms with Crippen LogP contribution in [0.4, 0.5) is 0 Å². The maximum Gasteiger partial charge on any atom is 0.260 e. The average Bonchev–Trinajstić information content (AvgIpc) is 2.24. The Bertz CT molecular complexity index is 486. The molecule has 5 nitrogen and oxygen atoms in total. The molecule has 0 unspecified atom stereocenters. The van der Waals surface area contributed by atoms with Gasteiger partial charge in [0.15, 0.2) is 6.61 Å². The van der Waals surface area contributed by atoms with Gasteiger partial charge in [0.1, 0.15) is 5.75 Å². The van der Waals surface area contributed by atoms with Gasteiger partial charge in [-0.15, -0.1) is 0 Å². The second-order valence-corrected chi connectivity index (χ2v) is 4.46. The molecule has 0 aliphatic carbocycles. The Morgan fingerprint density at radius 2 is 2.11 bits per heavy atom. The molecule has 96 valence electrons. The van der Waals surface area contributed by atoms with Gasteiger partial charge in [-0.3, -0.25) is 9.59 Å². The summed E-state index contributed by atoms with van der Waals surface area (Å²) < 4.78 is 5.32. The third kappa shape index (κ3) is 2.73. The van der Waals surface area contributed by atoms with Crippen LogP contribution in [0.1, 0.15) is 16.8 Å². The van der Waals surface area contributed by atoms with Crippen molar-refractivity contribution in [3.63, 3.8) is 0 Å². The van der Waals surface area contributed by atoms with Crippen molar-refractivity contribution in [3.05, 3.63) is 28.8 Å². The Labute approximate surface area is 109 Å². The molecule has 2 amide bonds. The van der Waals surface area contributed by atoms with Crippen LogP contribution in [0.15, 0.2) is 18.2 Å². The molecule has 6 heteroatoms. The molecule has 1 aliphatic heterocycles. The minimum atomic E-state index is -0.635. The molecule has 1 fully saturated rings. The summed E-state index contributed by atoms with van der Waals surface area (Å²) in [6, 6.07) is 4.54. The van der Waals surface area contributed by atoms with Crippen molar-refractivity contribution in [2.45, 2.75) is 6.42 Å². The Balaban J connectivity index is 2.04. The lowest BCUT2D eigenvalue weighted by molar-refractivity contribution is -0.136. The maximum atomic E-state index is 11.6. The van der Waals surface area contributed by atoms with Gasteiger partial charge in [-0.2, -0.15) is 0 Å². The molecular formula is C12H13ClN2O3. The van der Waals surface area contributed by atoms with E-state index in [0.717, 1.165) is 19.5 Å². The van der Waals surface area contributed by atoms with Crippen LogP contribution in [0.2, 0.25) is 5.02 Å². The summed E-state index contributed by atoms with van der Waals surface area (Å²) in [6.45, 7) is 1.44. The number of benzene rings is 1. The number of carbonyl (C=O) groups is 2. The van der Waals surface area contributed by atoms with Crippen molar-refractivity contribution in [2.75, 3.05) is 19.7 Å². The van der Waals surface area contributed by atoms with Gasteiger partial charge in [-0.05, 0) is 24.6 Å². The predicted octanol–water partition coefficient (Wildman–Crippen LogP) is 1.05.